The molecule has 0 heterocycles. The Bertz CT molecular complexity index is 1120. The second-order valence-electron chi connectivity index (χ2n) is 8.88. The first-order chi connectivity index (χ1) is 16.6. The molecule has 0 aliphatic heterocycles. The molecule has 0 bridgehead atoms. The van der Waals surface area contributed by atoms with Gasteiger partial charge in [0.1, 0.15) is 6.04 Å². The number of halogens is 2. The molecule has 7 nitrogen and oxygen atoms in total. The lowest BCUT2D eigenvalue weighted by atomic mass is 9.95. The predicted molar refractivity (Wildman–Crippen MR) is 140 cm³/mol. The number of nitrogens with zero attached hydrogens (tertiary/aromatic N) is 2. The topological polar surface area (TPSA) is 86.8 Å². The van der Waals surface area contributed by atoms with Crippen molar-refractivity contribution in [1.29, 1.82) is 0 Å². The molecule has 2 aromatic rings. The van der Waals surface area contributed by atoms with Crippen LogP contribution in [0.2, 0.25) is 5.02 Å². The third kappa shape index (κ3) is 7.52. The van der Waals surface area contributed by atoms with E-state index in [1.807, 2.05) is 24.3 Å². The van der Waals surface area contributed by atoms with Crippen molar-refractivity contribution >= 4 is 49.4 Å². The lowest BCUT2D eigenvalue weighted by Gasteiger charge is -2.32. The Balaban J connectivity index is 1.78. The number of amides is 2. The van der Waals surface area contributed by atoms with Crippen LogP contribution in [0.5, 0.6) is 0 Å². The van der Waals surface area contributed by atoms with Crippen LogP contribution in [0.4, 0.5) is 0 Å². The monoisotopic (exact) mass is 583 g/mol. The third-order valence-corrected chi connectivity index (χ3v) is 8.86. The number of carbonyl (C=O) groups is 2. The summed E-state index contributed by atoms with van der Waals surface area (Å²) in [5, 5.41) is 3.50. The molecule has 35 heavy (non-hydrogen) atoms. The maximum absolute atomic E-state index is 13.4. The molecular weight excluding hydrogens is 554 g/mol. The number of rotatable bonds is 9. The van der Waals surface area contributed by atoms with Crippen molar-refractivity contribution in [1.82, 2.24) is 14.5 Å². The fourth-order valence-electron chi connectivity index (χ4n) is 4.09. The minimum Gasteiger partial charge on any atom is -0.352 e. The predicted octanol–water partition coefficient (Wildman–Crippen LogP) is 4.59. The molecule has 0 saturated heterocycles. The van der Waals surface area contributed by atoms with Gasteiger partial charge in [-0.05, 0) is 61.7 Å². The minimum absolute atomic E-state index is 0.0414. The zero-order chi connectivity index (χ0) is 25.6. The van der Waals surface area contributed by atoms with Crippen LogP contribution in [0.1, 0.15) is 44.6 Å². The van der Waals surface area contributed by atoms with E-state index in [4.69, 9.17) is 11.6 Å². The minimum atomic E-state index is -3.91. The van der Waals surface area contributed by atoms with Crippen molar-refractivity contribution in [2.75, 3.05) is 13.6 Å². The van der Waals surface area contributed by atoms with Crippen LogP contribution in [0.25, 0.3) is 0 Å². The number of benzene rings is 2. The normalized spacial score (nSPS) is 15.6. The fraction of sp³-hybridized carbons (Fsp3) is 0.440. The smallest absolute Gasteiger partial charge is 0.243 e. The van der Waals surface area contributed by atoms with Crippen molar-refractivity contribution < 1.29 is 18.0 Å². The van der Waals surface area contributed by atoms with Crippen LogP contribution in [0, 0.1) is 0 Å². The average Bonchev–Trinajstić information content (AvgIpc) is 2.84. The SMILES string of the molecule is C[C@@H](C(=O)NC1CCCCC1)N(Cc1ccc(Br)cc1)C(=O)CN(C)S(=O)(=O)c1ccc(Cl)cc1. The first kappa shape index (κ1) is 27.6. The van der Waals surface area contributed by atoms with Crippen molar-refractivity contribution in [3.8, 4) is 0 Å². The van der Waals surface area contributed by atoms with Gasteiger partial charge in [-0.3, -0.25) is 9.59 Å². The highest BCUT2D eigenvalue weighted by atomic mass is 79.9. The number of hydrogen-bond acceptors (Lipinski definition) is 4. The van der Waals surface area contributed by atoms with Crippen molar-refractivity contribution in [3.05, 3.63) is 63.6 Å². The van der Waals surface area contributed by atoms with Gasteiger partial charge in [0.25, 0.3) is 0 Å². The van der Waals surface area contributed by atoms with Crippen LogP contribution in [-0.4, -0.2) is 55.1 Å². The fourth-order valence-corrected chi connectivity index (χ4v) is 5.60. The summed E-state index contributed by atoms with van der Waals surface area (Å²) in [6, 6.07) is 12.6. The van der Waals surface area contributed by atoms with Crippen molar-refractivity contribution in [3.63, 3.8) is 0 Å². The Kier molecular flexibility index (Phi) is 9.75. The second-order valence-corrected chi connectivity index (χ2v) is 12.3. The summed E-state index contributed by atoms with van der Waals surface area (Å²) in [7, 11) is -2.56. The van der Waals surface area contributed by atoms with Crippen LogP contribution in [0.15, 0.2) is 57.9 Å². The molecule has 1 atom stereocenters. The molecule has 0 aromatic heterocycles. The lowest BCUT2D eigenvalue weighted by Crippen LogP contribution is -2.52. The number of hydrogen-bond donors (Lipinski definition) is 1. The van der Waals surface area contributed by atoms with Gasteiger partial charge in [-0.15, -0.1) is 0 Å². The van der Waals surface area contributed by atoms with E-state index in [0.29, 0.717) is 5.02 Å². The first-order valence-electron chi connectivity index (χ1n) is 11.6. The standard InChI is InChI=1S/C25H31BrClN3O4S/c1-18(25(32)28-22-6-4-3-5-7-22)30(16-19-8-10-20(26)11-9-19)24(31)17-29(2)35(33,34)23-14-12-21(27)13-15-23/h8-15,18,22H,3-7,16-17H2,1-2H3,(H,28,32)/t18-/m0/s1. The van der Waals surface area contributed by atoms with Crippen LogP contribution in [0.3, 0.4) is 0 Å². The summed E-state index contributed by atoms with van der Waals surface area (Å²) in [5.41, 5.74) is 0.835. The van der Waals surface area contributed by atoms with Gasteiger partial charge in [0, 0.05) is 29.1 Å². The maximum Gasteiger partial charge on any atom is 0.243 e. The lowest BCUT2D eigenvalue weighted by molar-refractivity contribution is -0.141. The number of carbonyl (C=O) groups excluding carboxylic acids is 2. The first-order valence-corrected chi connectivity index (χ1v) is 14.2. The molecule has 2 aromatic carbocycles. The van der Waals surface area contributed by atoms with Gasteiger partial charge in [-0.2, -0.15) is 4.31 Å². The highest BCUT2D eigenvalue weighted by molar-refractivity contribution is 9.10. The highest BCUT2D eigenvalue weighted by Crippen LogP contribution is 2.20. The largest absolute Gasteiger partial charge is 0.352 e. The number of nitrogens with one attached hydrogen (secondary N) is 1. The molecule has 0 unspecified atom stereocenters. The van der Waals surface area contributed by atoms with Gasteiger partial charge in [0.2, 0.25) is 21.8 Å². The summed E-state index contributed by atoms with van der Waals surface area (Å²) in [6.45, 7) is 1.46. The van der Waals surface area contributed by atoms with E-state index in [0.717, 1.165) is 40.0 Å². The van der Waals surface area contributed by atoms with Crippen LogP contribution in [-0.2, 0) is 26.2 Å². The molecule has 1 saturated carbocycles. The van der Waals surface area contributed by atoms with E-state index in [-0.39, 0.29) is 23.4 Å². The molecule has 1 aliphatic carbocycles. The maximum atomic E-state index is 13.4. The zero-order valence-electron chi connectivity index (χ0n) is 19.9. The molecule has 0 spiro atoms. The van der Waals surface area contributed by atoms with Crippen molar-refractivity contribution in [2.45, 2.75) is 62.6 Å². The molecule has 1 fully saturated rings. The van der Waals surface area contributed by atoms with Gasteiger partial charge in [-0.1, -0.05) is 58.9 Å². The second kappa shape index (κ2) is 12.3. The summed E-state index contributed by atoms with van der Waals surface area (Å²) in [5.74, 6) is -0.690. The number of sulfonamides is 1. The molecule has 3 rings (SSSR count). The Morgan fingerprint density at radius 1 is 1.06 bits per heavy atom. The van der Waals surface area contributed by atoms with Gasteiger partial charge in [0.15, 0.2) is 0 Å². The summed E-state index contributed by atoms with van der Waals surface area (Å²) >= 11 is 9.28. The van der Waals surface area contributed by atoms with Gasteiger partial charge in [0.05, 0.1) is 11.4 Å². The van der Waals surface area contributed by atoms with Gasteiger partial charge < -0.3 is 10.2 Å². The molecule has 1 N–H and O–H groups in total. The van der Waals surface area contributed by atoms with Crippen LogP contribution < -0.4 is 5.32 Å². The summed E-state index contributed by atoms with van der Waals surface area (Å²) < 4.78 is 27.9. The van der Waals surface area contributed by atoms with E-state index in [1.165, 1.54) is 42.6 Å². The molecule has 1 aliphatic rings. The Labute approximate surface area is 221 Å². The summed E-state index contributed by atoms with van der Waals surface area (Å²) in [4.78, 5) is 28.0. The quantitative estimate of drug-likeness (QED) is 0.467. The Morgan fingerprint density at radius 3 is 2.26 bits per heavy atom. The highest BCUT2D eigenvalue weighted by Gasteiger charge is 2.31. The Morgan fingerprint density at radius 2 is 1.66 bits per heavy atom. The third-order valence-electron chi connectivity index (χ3n) is 6.26. The van der Waals surface area contributed by atoms with Gasteiger partial charge >= 0.3 is 0 Å². The average molecular weight is 585 g/mol. The molecular formula is C25H31BrClN3O4S. The summed E-state index contributed by atoms with van der Waals surface area (Å²) in [6.07, 6.45) is 5.19. The molecule has 190 valence electrons. The molecule has 2 amide bonds. The van der Waals surface area contributed by atoms with Gasteiger partial charge in [-0.25, -0.2) is 8.42 Å². The van der Waals surface area contributed by atoms with Crippen molar-refractivity contribution in [2.24, 2.45) is 0 Å². The molecule has 10 heteroatoms. The zero-order valence-corrected chi connectivity index (χ0v) is 23.1. The number of likely N-dealkylation sites (N-methyl/N-ethyl adjacent to an activating group) is 1. The van der Waals surface area contributed by atoms with Crippen LogP contribution >= 0.6 is 27.5 Å². The van der Waals surface area contributed by atoms with E-state index in [2.05, 4.69) is 21.2 Å². The van der Waals surface area contributed by atoms with E-state index >= 15 is 0 Å². The van der Waals surface area contributed by atoms with E-state index in [1.54, 1.807) is 6.92 Å². The Hall–Kier alpha value is -1.94. The van der Waals surface area contributed by atoms with E-state index < -0.39 is 28.5 Å². The van der Waals surface area contributed by atoms with E-state index in [9.17, 15) is 18.0 Å². The molecule has 0 radical (unpaired) electrons.